The molecule has 3 N–H and O–H groups in total. The summed E-state index contributed by atoms with van der Waals surface area (Å²) in [4.78, 5) is 19.4. The van der Waals surface area contributed by atoms with Gasteiger partial charge in [0.25, 0.3) is 0 Å². The molecule has 2 heterocycles. The molecule has 0 radical (unpaired) electrons. The normalized spacial score (nSPS) is 10.8. The number of pyridine rings is 1. The Bertz CT molecular complexity index is 829. The predicted molar refractivity (Wildman–Crippen MR) is 86.0 cm³/mol. The summed E-state index contributed by atoms with van der Waals surface area (Å²) in [5.41, 5.74) is 4.19. The van der Waals surface area contributed by atoms with Crippen molar-refractivity contribution in [3.8, 4) is 5.75 Å². The number of aryl methyl sites for hydroxylation is 1. The standard InChI is InChI=1S/C17H17N3O2/c1-10-5-13(7-16(21)11(10)2)20-17(22)6-12-8-19-15-9-18-4-3-14(12)15/h3-5,7-9,19,21H,6H2,1-2H3,(H,20,22). The zero-order valence-electron chi connectivity index (χ0n) is 12.5. The van der Waals surface area contributed by atoms with Crippen LogP contribution >= 0.6 is 0 Å². The number of fused-ring (bicyclic) bond motifs is 1. The summed E-state index contributed by atoms with van der Waals surface area (Å²) in [6.45, 7) is 3.74. The van der Waals surface area contributed by atoms with Crippen molar-refractivity contribution >= 4 is 22.5 Å². The van der Waals surface area contributed by atoms with Gasteiger partial charge in [-0.05, 0) is 42.7 Å². The molecule has 0 aliphatic heterocycles. The number of nitrogens with zero attached hydrogens (tertiary/aromatic N) is 1. The third kappa shape index (κ3) is 2.65. The summed E-state index contributed by atoms with van der Waals surface area (Å²) in [5, 5.41) is 13.6. The van der Waals surface area contributed by atoms with Crippen LogP contribution in [0.5, 0.6) is 5.75 Å². The fourth-order valence-corrected chi connectivity index (χ4v) is 2.47. The van der Waals surface area contributed by atoms with Gasteiger partial charge in [0.2, 0.25) is 5.91 Å². The molecule has 3 rings (SSSR count). The minimum atomic E-state index is -0.125. The van der Waals surface area contributed by atoms with Gasteiger partial charge in [-0.1, -0.05) is 0 Å². The quantitative estimate of drug-likeness (QED) is 0.695. The van der Waals surface area contributed by atoms with E-state index in [1.54, 1.807) is 18.5 Å². The van der Waals surface area contributed by atoms with Gasteiger partial charge in [0.15, 0.2) is 0 Å². The van der Waals surface area contributed by atoms with Crippen molar-refractivity contribution in [2.75, 3.05) is 5.32 Å². The zero-order valence-corrected chi connectivity index (χ0v) is 12.5. The van der Waals surface area contributed by atoms with E-state index in [0.29, 0.717) is 5.69 Å². The average Bonchev–Trinajstić information content (AvgIpc) is 2.88. The summed E-state index contributed by atoms with van der Waals surface area (Å²) in [6, 6.07) is 5.31. The van der Waals surface area contributed by atoms with Crippen LogP contribution < -0.4 is 5.32 Å². The Balaban J connectivity index is 1.78. The van der Waals surface area contributed by atoms with Crippen molar-refractivity contribution in [2.45, 2.75) is 20.3 Å². The SMILES string of the molecule is Cc1cc(NC(=O)Cc2c[nH]c3cnccc23)cc(O)c1C. The Labute approximate surface area is 128 Å². The van der Waals surface area contributed by atoms with Crippen LogP contribution in [0.2, 0.25) is 0 Å². The van der Waals surface area contributed by atoms with Crippen LogP contribution in [0.1, 0.15) is 16.7 Å². The molecule has 0 aliphatic rings. The highest BCUT2D eigenvalue weighted by molar-refractivity contribution is 5.95. The molecule has 2 aromatic heterocycles. The van der Waals surface area contributed by atoms with E-state index in [1.807, 2.05) is 32.2 Å². The molecule has 0 saturated heterocycles. The van der Waals surface area contributed by atoms with Gasteiger partial charge in [-0.25, -0.2) is 0 Å². The summed E-state index contributed by atoms with van der Waals surface area (Å²) in [6.07, 6.45) is 5.53. The lowest BCUT2D eigenvalue weighted by atomic mass is 10.1. The van der Waals surface area contributed by atoms with E-state index in [0.717, 1.165) is 27.6 Å². The third-order valence-electron chi connectivity index (χ3n) is 3.84. The van der Waals surface area contributed by atoms with Gasteiger partial charge in [-0.3, -0.25) is 9.78 Å². The smallest absolute Gasteiger partial charge is 0.228 e. The summed E-state index contributed by atoms with van der Waals surface area (Å²) in [5.74, 6) is 0.0637. The van der Waals surface area contributed by atoms with Gasteiger partial charge in [0.05, 0.1) is 18.1 Å². The number of carbonyl (C=O) groups excluding carboxylic acids is 1. The number of nitrogens with one attached hydrogen (secondary N) is 2. The maximum atomic E-state index is 12.2. The number of benzene rings is 1. The Hall–Kier alpha value is -2.82. The highest BCUT2D eigenvalue weighted by atomic mass is 16.3. The number of hydrogen-bond acceptors (Lipinski definition) is 3. The number of H-pyrrole nitrogens is 1. The third-order valence-corrected chi connectivity index (χ3v) is 3.84. The first kappa shape index (κ1) is 14.1. The van der Waals surface area contributed by atoms with Gasteiger partial charge >= 0.3 is 0 Å². The summed E-state index contributed by atoms with van der Waals surface area (Å²) < 4.78 is 0. The van der Waals surface area contributed by atoms with E-state index in [2.05, 4.69) is 15.3 Å². The van der Waals surface area contributed by atoms with E-state index in [-0.39, 0.29) is 18.1 Å². The highest BCUT2D eigenvalue weighted by Crippen LogP contribution is 2.25. The number of hydrogen-bond donors (Lipinski definition) is 3. The number of phenols is 1. The maximum Gasteiger partial charge on any atom is 0.228 e. The molecule has 0 unspecified atom stereocenters. The van der Waals surface area contributed by atoms with Crippen molar-refractivity contribution < 1.29 is 9.90 Å². The van der Waals surface area contributed by atoms with Crippen LogP contribution in [0.15, 0.2) is 36.8 Å². The molecular formula is C17H17N3O2. The number of aromatic hydroxyl groups is 1. The predicted octanol–water partition coefficient (Wildman–Crippen LogP) is 3.07. The zero-order chi connectivity index (χ0) is 15.7. The molecule has 0 spiro atoms. The number of amides is 1. The van der Waals surface area contributed by atoms with Crippen molar-refractivity contribution in [1.82, 2.24) is 9.97 Å². The van der Waals surface area contributed by atoms with E-state index < -0.39 is 0 Å². The highest BCUT2D eigenvalue weighted by Gasteiger charge is 2.10. The monoisotopic (exact) mass is 295 g/mol. The second-order valence-corrected chi connectivity index (χ2v) is 5.40. The molecule has 0 fully saturated rings. The van der Waals surface area contributed by atoms with Crippen molar-refractivity contribution in [1.29, 1.82) is 0 Å². The number of phenolic OH excluding ortho intramolecular Hbond substituents is 1. The second kappa shape index (κ2) is 5.52. The van der Waals surface area contributed by atoms with Crippen LogP contribution in [-0.2, 0) is 11.2 Å². The lowest BCUT2D eigenvalue weighted by Crippen LogP contribution is -2.14. The Morgan fingerprint density at radius 2 is 2.18 bits per heavy atom. The minimum Gasteiger partial charge on any atom is -0.508 e. The van der Waals surface area contributed by atoms with Crippen LogP contribution in [0.4, 0.5) is 5.69 Å². The van der Waals surface area contributed by atoms with Crippen molar-refractivity contribution in [2.24, 2.45) is 0 Å². The van der Waals surface area contributed by atoms with Crippen molar-refractivity contribution in [3.63, 3.8) is 0 Å². The Morgan fingerprint density at radius 3 is 2.95 bits per heavy atom. The number of aromatic amines is 1. The Morgan fingerprint density at radius 1 is 1.36 bits per heavy atom. The van der Waals surface area contributed by atoms with E-state index >= 15 is 0 Å². The second-order valence-electron chi connectivity index (χ2n) is 5.40. The molecule has 22 heavy (non-hydrogen) atoms. The van der Waals surface area contributed by atoms with Crippen LogP contribution in [0.3, 0.4) is 0 Å². The molecular weight excluding hydrogens is 278 g/mol. The number of aromatic nitrogens is 2. The fourth-order valence-electron chi connectivity index (χ4n) is 2.47. The maximum absolute atomic E-state index is 12.2. The van der Waals surface area contributed by atoms with Crippen LogP contribution in [0, 0.1) is 13.8 Å². The molecule has 1 amide bonds. The lowest BCUT2D eigenvalue weighted by molar-refractivity contribution is -0.115. The molecule has 0 atom stereocenters. The topological polar surface area (TPSA) is 78.0 Å². The largest absolute Gasteiger partial charge is 0.508 e. The van der Waals surface area contributed by atoms with E-state index in [1.165, 1.54) is 0 Å². The lowest BCUT2D eigenvalue weighted by Gasteiger charge is -2.09. The van der Waals surface area contributed by atoms with Gasteiger partial charge < -0.3 is 15.4 Å². The van der Waals surface area contributed by atoms with Crippen LogP contribution in [-0.4, -0.2) is 21.0 Å². The molecule has 0 saturated carbocycles. The molecule has 5 heteroatoms. The fraction of sp³-hybridized carbons (Fsp3) is 0.176. The molecule has 5 nitrogen and oxygen atoms in total. The molecule has 112 valence electrons. The molecule has 0 aliphatic carbocycles. The van der Waals surface area contributed by atoms with Gasteiger partial charge in [0.1, 0.15) is 5.75 Å². The van der Waals surface area contributed by atoms with Gasteiger partial charge in [0, 0.05) is 29.5 Å². The summed E-state index contributed by atoms with van der Waals surface area (Å²) >= 11 is 0. The molecule has 3 aromatic rings. The first-order chi connectivity index (χ1) is 10.5. The average molecular weight is 295 g/mol. The first-order valence-corrected chi connectivity index (χ1v) is 7.04. The number of anilines is 1. The first-order valence-electron chi connectivity index (χ1n) is 7.04. The van der Waals surface area contributed by atoms with Gasteiger partial charge in [-0.15, -0.1) is 0 Å². The summed E-state index contributed by atoms with van der Waals surface area (Å²) in [7, 11) is 0. The number of carbonyl (C=O) groups is 1. The molecule has 1 aromatic carbocycles. The van der Waals surface area contributed by atoms with E-state index in [4.69, 9.17) is 0 Å². The Kier molecular flexibility index (Phi) is 3.55. The van der Waals surface area contributed by atoms with Crippen molar-refractivity contribution in [3.05, 3.63) is 53.5 Å². The minimum absolute atomic E-state index is 0.125. The van der Waals surface area contributed by atoms with Gasteiger partial charge in [-0.2, -0.15) is 0 Å². The number of rotatable bonds is 3. The molecule has 0 bridgehead atoms. The van der Waals surface area contributed by atoms with E-state index in [9.17, 15) is 9.90 Å². The van der Waals surface area contributed by atoms with Crippen LogP contribution in [0.25, 0.3) is 10.9 Å².